The molecule has 1 aromatic heterocycles. The van der Waals surface area contributed by atoms with Crippen molar-refractivity contribution >= 4 is 11.6 Å². The molecule has 17 heavy (non-hydrogen) atoms. The maximum absolute atomic E-state index is 6.08. The number of halogens is 1. The summed E-state index contributed by atoms with van der Waals surface area (Å²) in [6, 6.07) is 7.72. The van der Waals surface area contributed by atoms with Crippen LogP contribution in [0.25, 0.3) is 0 Å². The fourth-order valence-corrected chi connectivity index (χ4v) is 1.84. The summed E-state index contributed by atoms with van der Waals surface area (Å²) in [5.74, 6) is 0.699. The summed E-state index contributed by atoms with van der Waals surface area (Å²) in [4.78, 5) is 4.40. The molecule has 0 bridgehead atoms. The van der Waals surface area contributed by atoms with E-state index < -0.39 is 0 Å². The van der Waals surface area contributed by atoms with Gasteiger partial charge in [0.05, 0.1) is 12.1 Å². The van der Waals surface area contributed by atoms with Gasteiger partial charge in [0.15, 0.2) is 5.89 Å². The van der Waals surface area contributed by atoms with E-state index in [9.17, 15) is 0 Å². The third-order valence-electron chi connectivity index (χ3n) is 2.54. The number of hydrogen-bond donors (Lipinski definition) is 1. The molecule has 0 saturated carbocycles. The van der Waals surface area contributed by atoms with Crippen LogP contribution in [-0.2, 0) is 12.8 Å². The molecule has 0 radical (unpaired) electrons. The maximum Gasteiger partial charge on any atom is 0.198 e. The molecule has 4 heteroatoms. The van der Waals surface area contributed by atoms with Gasteiger partial charge >= 0.3 is 0 Å². The van der Waals surface area contributed by atoms with Crippen LogP contribution in [0.2, 0.25) is 5.02 Å². The lowest BCUT2D eigenvalue weighted by atomic mass is 10.1. The Morgan fingerprint density at radius 1 is 1.29 bits per heavy atom. The zero-order chi connectivity index (χ0) is 12.1. The number of oxazole rings is 1. The van der Waals surface area contributed by atoms with Gasteiger partial charge < -0.3 is 10.2 Å². The van der Waals surface area contributed by atoms with Crippen molar-refractivity contribution in [1.29, 1.82) is 0 Å². The predicted molar refractivity (Wildman–Crippen MR) is 68.1 cm³/mol. The molecule has 2 aromatic rings. The number of hydrogen-bond acceptors (Lipinski definition) is 3. The summed E-state index contributed by atoms with van der Waals surface area (Å²) in [6.45, 7) is 0.673. The third kappa shape index (κ3) is 3.32. The Bertz CT molecular complexity index is 482. The van der Waals surface area contributed by atoms with Crippen molar-refractivity contribution in [3.05, 3.63) is 52.7 Å². The van der Waals surface area contributed by atoms with Crippen LogP contribution in [0.3, 0.4) is 0 Å². The molecule has 0 unspecified atom stereocenters. The molecule has 0 aliphatic carbocycles. The SMILES string of the molecule is NCCCc1coc(Cc2ccccc2Cl)n1. The molecule has 0 aliphatic rings. The minimum Gasteiger partial charge on any atom is -0.448 e. The van der Waals surface area contributed by atoms with Gasteiger partial charge in [-0.3, -0.25) is 0 Å². The fourth-order valence-electron chi connectivity index (χ4n) is 1.63. The van der Waals surface area contributed by atoms with Gasteiger partial charge in [0.1, 0.15) is 6.26 Å². The van der Waals surface area contributed by atoms with E-state index in [1.165, 1.54) is 0 Å². The molecule has 0 aliphatic heterocycles. The Hall–Kier alpha value is -1.32. The minimum atomic E-state index is 0.627. The van der Waals surface area contributed by atoms with E-state index in [0.717, 1.165) is 29.1 Å². The molecule has 2 N–H and O–H groups in total. The molecule has 1 heterocycles. The van der Waals surface area contributed by atoms with Crippen LogP contribution in [0, 0.1) is 0 Å². The highest BCUT2D eigenvalue weighted by molar-refractivity contribution is 6.31. The molecule has 0 spiro atoms. The molecule has 1 aromatic carbocycles. The zero-order valence-electron chi connectivity index (χ0n) is 9.53. The predicted octanol–water partition coefficient (Wildman–Crippen LogP) is 2.81. The van der Waals surface area contributed by atoms with Gasteiger partial charge in [-0.15, -0.1) is 0 Å². The zero-order valence-corrected chi connectivity index (χ0v) is 10.3. The highest BCUT2D eigenvalue weighted by Gasteiger charge is 2.07. The molecule has 0 fully saturated rings. The number of aryl methyl sites for hydroxylation is 1. The van der Waals surface area contributed by atoms with Crippen LogP contribution in [0.15, 0.2) is 34.9 Å². The molecule has 0 atom stereocenters. The number of nitrogens with two attached hydrogens (primary N) is 1. The first-order valence-electron chi connectivity index (χ1n) is 5.66. The van der Waals surface area contributed by atoms with Crippen LogP contribution >= 0.6 is 11.6 Å². The Kier molecular flexibility index (Phi) is 4.18. The molecule has 90 valence electrons. The third-order valence-corrected chi connectivity index (χ3v) is 2.90. The Morgan fingerprint density at radius 2 is 2.12 bits per heavy atom. The summed E-state index contributed by atoms with van der Waals surface area (Å²) >= 11 is 6.08. The van der Waals surface area contributed by atoms with Crippen molar-refractivity contribution in [2.75, 3.05) is 6.54 Å². The standard InChI is InChI=1S/C13H15ClN2O/c14-12-6-2-1-4-10(12)8-13-16-11(9-17-13)5-3-7-15/h1-2,4,6,9H,3,5,7-8,15H2. The topological polar surface area (TPSA) is 52.0 Å². The normalized spacial score (nSPS) is 10.7. The lowest BCUT2D eigenvalue weighted by Crippen LogP contribution is -2.00. The van der Waals surface area contributed by atoms with Crippen molar-refractivity contribution in [1.82, 2.24) is 4.98 Å². The summed E-state index contributed by atoms with van der Waals surface area (Å²) in [7, 11) is 0. The van der Waals surface area contributed by atoms with Gasteiger partial charge in [0, 0.05) is 5.02 Å². The molecular weight excluding hydrogens is 236 g/mol. The lowest BCUT2D eigenvalue weighted by molar-refractivity contribution is 0.506. The Morgan fingerprint density at radius 3 is 2.88 bits per heavy atom. The Labute approximate surface area is 106 Å². The molecule has 0 saturated heterocycles. The monoisotopic (exact) mass is 250 g/mol. The van der Waals surface area contributed by atoms with E-state index in [0.29, 0.717) is 18.9 Å². The van der Waals surface area contributed by atoms with E-state index >= 15 is 0 Å². The van der Waals surface area contributed by atoms with Gasteiger partial charge in [-0.05, 0) is 31.0 Å². The van der Waals surface area contributed by atoms with Crippen molar-refractivity contribution in [3.8, 4) is 0 Å². The van der Waals surface area contributed by atoms with E-state index in [-0.39, 0.29) is 0 Å². The summed E-state index contributed by atoms with van der Waals surface area (Å²) in [5.41, 5.74) is 7.44. The highest BCUT2D eigenvalue weighted by atomic mass is 35.5. The van der Waals surface area contributed by atoms with Gasteiger partial charge in [0.2, 0.25) is 0 Å². The summed E-state index contributed by atoms with van der Waals surface area (Å²) in [5, 5.41) is 0.745. The van der Waals surface area contributed by atoms with Crippen LogP contribution in [0.5, 0.6) is 0 Å². The van der Waals surface area contributed by atoms with Gasteiger partial charge in [-0.2, -0.15) is 0 Å². The van der Waals surface area contributed by atoms with E-state index in [4.69, 9.17) is 21.8 Å². The number of rotatable bonds is 5. The average Bonchev–Trinajstić information content (AvgIpc) is 2.77. The second kappa shape index (κ2) is 5.84. The first kappa shape index (κ1) is 12.1. The quantitative estimate of drug-likeness (QED) is 0.888. The minimum absolute atomic E-state index is 0.627. The van der Waals surface area contributed by atoms with E-state index in [2.05, 4.69) is 4.98 Å². The van der Waals surface area contributed by atoms with Gasteiger partial charge in [-0.1, -0.05) is 29.8 Å². The fraction of sp³-hybridized carbons (Fsp3) is 0.308. The number of aromatic nitrogens is 1. The molecular formula is C13H15ClN2O. The highest BCUT2D eigenvalue weighted by Crippen LogP contribution is 2.18. The van der Waals surface area contributed by atoms with Crippen LogP contribution in [0.4, 0.5) is 0 Å². The van der Waals surface area contributed by atoms with Crippen molar-refractivity contribution in [2.45, 2.75) is 19.3 Å². The van der Waals surface area contributed by atoms with Crippen LogP contribution in [0.1, 0.15) is 23.6 Å². The second-order valence-corrected chi connectivity index (χ2v) is 4.30. The van der Waals surface area contributed by atoms with Crippen molar-refractivity contribution < 1.29 is 4.42 Å². The van der Waals surface area contributed by atoms with Crippen LogP contribution in [-0.4, -0.2) is 11.5 Å². The van der Waals surface area contributed by atoms with Gasteiger partial charge in [0.25, 0.3) is 0 Å². The first-order chi connectivity index (χ1) is 8.29. The van der Waals surface area contributed by atoms with Crippen LogP contribution < -0.4 is 5.73 Å². The van der Waals surface area contributed by atoms with E-state index in [1.54, 1.807) is 6.26 Å². The van der Waals surface area contributed by atoms with Crippen molar-refractivity contribution in [2.24, 2.45) is 5.73 Å². The number of benzene rings is 1. The second-order valence-electron chi connectivity index (χ2n) is 3.89. The smallest absolute Gasteiger partial charge is 0.198 e. The lowest BCUT2D eigenvalue weighted by Gasteiger charge is -1.99. The largest absolute Gasteiger partial charge is 0.448 e. The average molecular weight is 251 g/mol. The summed E-state index contributed by atoms with van der Waals surface area (Å²) in [6.07, 6.45) is 4.12. The molecule has 3 nitrogen and oxygen atoms in total. The van der Waals surface area contributed by atoms with Gasteiger partial charge in [-0.25, -0.2) is 4.98 Å². The van der Waals surface area contributed by atoms with Crippen molar-refractivity contribution in [3.63, 3.8) is 0 Å². The summed E-state index contributed by atoms with van der Waals surface area (Å²) < 4.78 is 5.41. The maximum atomic E-state index is 6.08. The Balaban J connectivity index is 2.04. The molecule has 2 rings (SSSR count). The first-order valence-corrected chi connectivity index (χ1v) is 6.04. The van der Waals surface area contributed by atoms with E-state index in [1.807, 2.05) is 24.3 Å². The number of nitrogens with zero attached hydrogens (tertiary/aromatic N) is 1. The molecule has 0 amide bonds.